The molecule has 9 heteroatoms. The Morgan fingerprint density at radius 1 is 1.00 bits per heavy atom. The number of nitrogen functional groups attached to an aromatic ring is 1. The molecule has 0 bridgehead atoms. The second-order valence-corrected chi connectivity index (χ2v) is 5.26. The molecule has 2 aromatic rings. The number of nitrogens with one attached hydrogen (secondary N) is 2. The zero-order valence-electron chi connectivity index (χ0n) is 14.5. The fourth-order valence-electron chi connectivity index (χ4n) is 2.62. The van der Waals surface area contributed by atoms with E-state index in [-0.39, 0.29) is 6.79 Å². The fourth-order valence-corrected chi connectivity index (χ4v) is 2.62. The Kier molecular flexibility index (Phi) is 4.90. The molecule has 0 saturated carbocycles. The van der Waals surface area contributed by atoms with Gasteiger partial charge >= 0.3 is 0 Å². The Labute approximate surface area is 149 Å². The van der Waals surface area contributed by atoms with Crippen LogP contribution in [-0.2, 0) is 0 Å². The van der Waals surface area contributed by atoms with Crippen LogP contribution in [0, 0.1) is 0 Å². The van der Waals surface area contributed by atoms with Crippen molar-refractivity contribution >= 4 is 17.3 Å². The first-order chi connectivity index (χ1) is 12.6. The fraction of sp³-hybridized carbons (Fsp3) is 0.235. The molecule has 4 N–H and O–H groups in total. The zero-order chi connectivity index (χ0) is 18.7. The third kappa shape index (κ3) is 3.11. The SMILES string of the molecule is COc1cc(Nc2cc3c(cc2C(=O)NN)OCO3)cc(OC)c1OC. The molecule has 0 saturated heterocycles. The summed E-state index contributed by atoms with van der Waals surface area (Å²) >= 11 is 0. The van der Waals surface area contributed by atoms with Gasteiger partial charge in [-0.1, -0.05) is 0 Å². The van der Waals surface area contributed by atoms with E-state index in [4.69, 9.17) is 29.5 Å². The molecule has 0 radical (unpaired) electrons. The van der Waals surface area contributed by atoms with Crippen LogP contribution in [0.4, 0.5) is 11.4 Å². The first-order valence-electron chi connectivity index (χ1n) is 7.62. The van der Waals surface area contributed by atoms with Gasteiger partial charge < -0.3 is 29.0 Å². The maximum atomic E-state index is 12.1. The summed E-state index contributed by atoms with van der Waals surface area (Å²) in [5.41, 5.74) is 3.51. The van der Waals surface area contributed by atoms with Gasteiger partial charge in [0.25, 0.3) is 5.91 Å². The van der Waals surface area contributed by atoms with Gasteiger partial charge in [-0.15, -0.1) is 0 Å². The molecule has 1 aliphatic rings. The van der Waals surface area contributed by atoms with E-state index in [1.54, 1.807) is 24.3 Å². The summed E-state index contributed by atoms with van der Waals surface area (Å²) in [6, 6.07) is 6.66. The topological polar surface area (TPSA) is 113 Å². The first-order valence-corrected chi connectivity index (χ1v) is 7.62. The Morgan fingerprint density at radius 2 is 1.62 bits per heavy atom. The number of fused-ring (bicyclic) bond motifs is 1. The van der Waals surface area contributed by atoms with Crippen molar-refractivity contribution in [2.75, 3.05) is 33.4 Å². The monoisotopic (exact) mass is 361 g/mol. The molecule has 3 rings (SSSR count). The number of rotatable bonds is 6. The minimum absolute atomic E-state index is 0.0899. The number of anilines is 2. The maximum absolute atomic E-state index is 12.1. The first kappa shape index (κ1) is 17.5. The average molecular weight is 361 g/mol. The van der Waals surface area contributed by atoms with Crippen LogP contribution < -0.4 is 40.3 Å². The van der Waals surface area contributed by atoms with Crippen molar-refractivity contribution < 1.29 is 28.5 Å². The number of amides is 1. The highest BCUT2D eigenvalue weighted by Gasteiger charge is 2.21. The minimum atomic E-state index is -0.474. The van der Waals surface area contributed by atoms with Gasteiger partial charge in [-0.3, -0.25) is 10.2 Å². The highest BCUT2D eigenvalue weighted by Crippen LogP contribution is 2.42. The Balaban J connectivity index is 2.04. The lowest BCUT2D eigenvalue weighted by Crippen LogP contribution is -2.30. The van der Waals surface area contributed by atoms with Gasteiger partial charge in [0, 0.05) is 23.9 Å². The third-order valence-electron chi connectivity index (χ3n) is 3.83. The van der Waals surface area contributed by atoms with E-state index in [9.17, 15) is 4.79 Å². The van der Waals surface area contributed by atoms with E-state index < -0.39 is 5.91 Å². The molecular weight excluding hydrogens is 342 g/mol. The summed E-state index contributed by atoms with van der Waals surface area (Å²) in [6.45, 7) is 0.0899. The van der Waals surface area contributed by atoms with Crippen molar-refractivity contribution in [1.29, 1.82) is 0 Å². The number of nitrogens with two attached hydrogens (primary N) is 1. The van der Waals surface area contributed by atoms with Crippen LogP contribution in [0.25, 0.3) is 0 Å². The van der Waals surface area contributed by atoms with Gasteiger partial charge in [0.1, 0.15) is 0 Å². The number of methoxy groups -OCH3 is 3. The van der Waals surface area contributed by atoms with Crippen LogP contribution in [0.3, 0.4) is 0 Å². The second-order valence-electron chi connectivity index (χ2n) is 5.26. The van der Waals surface area contributed by atoms with Crippen LogP contribution in [-0.4, -0.2) is 34.0 Å². The standard InChI is InChI=1S/C17H19N3O6/c1-22-14-4-9(5-15(23-2)16(14)24-3)19-11-7-13-12(25-8-26-13)6-10(11)17(21)20-18/h4-7,19H,8,18H2,1-3H3,(H,20,21). The number of carbonyl (C=O) groups is 1. The molecule has 0 fully saturated rings. The summed E-state index contributed by atoms with van der Waals surface area (Å²) < 4.78 is 26.7. The molecular formula is C17H19N3O6. The highest BCUT2D eigenvalue weighted by atomic mass is 16.7. The molecule has 26 heavy (non-hydrogen) atoms. The molecule has 0 atom stereocenters. The Morgan fingerprint density at radius 3 is 2.15 bits per heavy atom. The van der Waals surface area contributed by atoms with Crippen LogP contribution in [0.15, 0.2) is 24.3 Å². The largest absolute Gasteiger partial charge is 0.493 e. The van der Waals surface area contributed by atoms with Gasteiger partial charge in [0.2, 0.25) is 12.5 Å². The predicted octanol–water partition coefficient (Wildman–Crippen LogP) is 1.79. The van der Waals surface area contributed by atoms with E-state index >= 15 is 0 Å². The molecule has 0 aliphatic carbocycles. The normalized spacial score (nSPS) is 11.7. The second kappa shape index (κ2) is 7.28. The van der Waals surface area contributed by atoms with Crippen LogP contribution in [0.5, 0.6) is 28.7 Å². The van der Waals surface area contributed by atoms with E-state index in [1.807, 2.05) is 0 Å². The van der Waals surface area contributed by atoms with Crippen LogP contribution >= 0.6 is 0 Å². The van der Waals surface area contributed by atoms with E-state index in [1.165, 1.54) is 21.3 Å². The van der Waals surface area contributed by atoms with Gasteiger partial charge in [-0.2, -0.15) is 0 Å². The molecule has 9 nitrogen and oxygen atoms in total. The third-order valence-corrected chi connectivity index (χ3v) is 3.83. The lowest BCUT2D eigenvalue weighted by molar-refractivity contribution is 0.0954. The summed E-state index contributed by atoms with van der Waals surface area (Å²) in [5.74, 6) is 7.21. The van der Waals surface area contributed by atoms with Crippen molar-refractivity contribution in [3.63, 3.8) is 0 Å². The lowest BCUT2D eigenvalue weighted by Gasteiger charge is -2.16. The number of hydrogen-bond donors (Lipinski definition) is 3. The van der Waals surface area contributed by atoms with Crippen molar-refractivity contribution in [1.82, 2.24) is 5.43 Å². The molecule has 0 aromatic heterocycles. The summed E-state index contributed by atoms with van der Waals surface area (Å²) in [4.78, 5) is 12.1. The van der Waals surface area contributed by atoms with E-state index in [0.717, 1.165) is 0 Å². The number of ether oxygens (including phenoxy) is 5. The number of hydrogen-bond acceptors (Lipinski definition) is 8. The molecule has 1 heterocycles. The molecule has 138 valence electrons. The smallest absolute Gasteiger partial charge is 0.267 e. The zero-order valence-corrected chi connectivity index (χ0v) is 14.5. The van der Waals surface area contributed by atoms with E-state index in [0.29, 0.717) is 45.7 Å². The maximum Gasteiger partial charge on any atom is 0.267 e. The van der Waals surface area contributed by atoms with E-state index in [2.05, 4.69) is 10.7 Å². The van der Waals surface area contributed by atoms with Crippen molar-refractivity contribution in [2.24, 2.45) is 5.84 Å². The molecule has 2 aromatic carbocycles. The summed E-state index contributed by atoms with van der Waals surface area (Å²) in [7, 11) is 4.57. The van der Waals surface area contributed by atoms with Gasteiger partial charge in [-0.25, -0.2) is 5.84 Å². The molecule has 1 aliphatic heterocycles. The van der Waals surface area contributed by atoms with Gasteiger partial charge in [0.05, 0.1) is 32.6 Å². The molecule has 0 unspecified atom stereocenters. The molecule has 0 spiro atoms. The number of hydrazine groups is 1. The van der Waals surface area contributed by atoms with Crippen molar-refractivity contribution in [2.45, 2.75) is 0 Å². The Bertz CT molecular complexity index is 814. The van der Waals surface area contributed by atoms with Crippen molar-refractivity contribution in [3.8, 4) is 28.7 Å². The van der Waals surface area contributed by atoms with Gasteiger partial charge in [-0.05, 0) is 6.07 Å². The average Bonchev–Trinajstić information content (AvgIpc) is 3.13. The number of carbonyl (C=O) groups excluding carboxylic acids is 1. The predicted molar refractivity (Wildman–Crippen MR) is 93.6 cm³/mol. The number of benzene rings is 2. The summed E-state index contributed by atoms with van der Waals surface area (Å²) in [6.07, 6.45) is 0. The highest BCUT2D eigenvalue weighted by molar-refractivity contribution is 6.01. The summed E-state index contributed by atoms with van der Waals surface area (Å²) in [5, 5.41) is 3.15. The van der Waals surface area contributed by atoms with Gasteiger partial charge in [0.15, 0.2) is 23.0 Å². The Hall–Kier alpha value is -3.33. The minimum Gasteiger partial charge on any atom is -0.493 e. The molecule has 1 amide bonds. The quantitative estimate of drug-likeness (QED) is 0.405. The lowest BCUT2D eigenvalue weighted by atomic mass is 10.1. The van der Waals surface area contributed by atoms with Crippen LogP contribution in [0.1, 0.15) is 10.4 Å². The van der Waals surface area contributed by atoms with Crippen LogP contribution in [0.2, 0.25) is 0 Å². The van der Waals surface area contributed by atoms with Crippen molar-refractivity contribution in [3.05, 3.63) is 29.8 Å².